The number of amides is 1. The summed E-state index contributed by atoms with van der Waals surface area (Å²) in [5.41, 5.74) is 5.14. The molecule has 1 saturated heterocycles. The standard InChI is InChI=1S/C28H33N7O2/c1-18(2)35-17-30-26-24(35)16-22(32-27(26)37-5)21-12-13-29-25(31-21)15-19-8-10-20(11-9-19)34-14-6-7-23(28(34)36)33(3)4/h8-13,16-18,23H,6-7,14-15H2,1-5H3. The molecule has 5 rings (SSSR count). The Morgan fingerprint density at radius 3 is 2.57 bits per heavy atom. The first-order valence-corrected chi connectivity index (χ1v) is 12.7. The van der Waals surface area contributed by atoms with Gasteiger partial charge >= 0.3 is 0 Å². The van der Waals surface area contributed by atoms with Crippen LogP contribution >= 0.6 is 0 Å². The molecular formula is C28H33N7O2. The Balaban J connectivity index is 1.38. The molecule has 1 aliphatic rings. The van der Waals surface area contributed by atoms with E-state index in [1.807, 2.05) is 66.6 Å². The largest absolute Gasteiger partial charge is 0.479 e. The van der Waals surface area contributed by atoms with Crippen LogP contribution in [0.5, 0.6) is 5.88 Å². The average molecular weight is 500 g/mol. The molecule has 37 heavy (non-hydrogen) atoms. The lowest BCUT2D eigenvalue weighted by Crippen LogP contribution is -2.50. The number of rotatable bonds is 7. The molecule has 9 nitrogen and oxygen atoms in total. The number of likely N-dealkylation sites (N-methyl/N-ethyl adjacent to an activating group) is 1. The van der Waals surface area contributed by atoms with Gasteiger partial charge in [0, 0.05) is 30.9 Å². The van der Waals surface area contributed by atoms with Crippen molar-refractivity contribution in [2.24, 2.45) is 0 Å². The molecule has 0 aliphatic carbocycles. The molecule has 1 unspecified atom stereocenters. The molecule has 1 aliphatic heterocycles. The summed E-state index contributed by atoms with van der Waals surface area (Å²) < 4.78 is 7.63. The highest BCUT2D eigenvalue weighted by Crippen LogP contribution is 2.29. The number of piperidine rings is 1. The smallest absolute Gasteiger partial charge is 0.244 e. The molecule has 4 heterocycles. The summed E-state index contributed by atoms with van der Waals surface area (Å²) in [5, 5.41) is 0. The lowest BCUT2D eigenvalue weighted by molar-refractivity contribution is -0.124. The number of ether oxygens (including phenoxy) is 1. The number of hydrogen-bond donors (Lipinski definition) is 0. The van der Waals surface area contributed by atoms with Crippen molar-refractivity contribution in [2.75, 3.05) is 32.6 Å². The van der Waals surface area contributed by atoms with E-state index in [1.54, 1.807) is 13.3 Å². The van der Waals surface area contributed by atoms with E-state index in [2.05, 4.69) is 33.4 Å². The summed E-state index contributed by atoms with van der Waals surface area (Å²) >= 11 is 0. The van der Waals surface area contributed by atoms with Gasteiger partial charge in [-0.15, -0.1) is 0 Å². The minimum Gasteiger partial charge on any atom is -0.479 e. The third-order valence-corrected chi connectivity index (χ3v) is 6.89. The van der Waals surface area contributed by atoms with E-state index < -0.39 is 0 Å². The predicted octanol–water partition coefficient (Wildman–Crippen LogP) is 4.13. The van der Waals surface area contributed by atoms with E-state index in [9.17, 15) is 4.79 Å². The maximum atomic E-state index is 12.9. The van der Waals surface area contributed by atoms with Gasteiger partial charge < -0.3 is 14.2 Å². The Morgan fingerprint density at radius 1 is 1.08 bits per heavy atom. The first-order chi connectivity index (χ1) is 17.9. The summed E-state index contributed by atoms with van der Waals surface area (Å²) in [7, 11) is 5.53. The number of fused-ring (bicyclic) bond motifs is 1. The molecule has 3 aromatic heterocycles. The summed E-state index contributed by atoms with van der Waals surface area (Å²) in [5.74, 6) is 1.34. The quantitative estimate of drug-likeness (QED) is 0.378. The minimum atomic E-state index is -0.0600. The number of anilines is 1. The number of carbonyl (C=O) groups is 1. The summed E-state index contributed by atoms with van der Waals surface area (Å²) in [6, 6.07) is 12.2. The fraction of sp³-hybridized carbons (Fsp3) is 0.393. The second-order valence-corrected chi connectivity index (χ2v) is 9.94. The fourth-order valence-electron chi connectivity index (χ4n) is 4.88. The van der Waals surface area contributed by atoms with Crippen LogP contribution in [0.4, 0.5) is 5.69 Å². The molecular weight excluding hydrogens is 466 g/mol. The van der Waals surface area contributed by atoms with E-state index in [1.165, 1.54) is 0 Å². The maximum Gasteiger partial charge on any atom is 0.244 e. The Hall–Kier alpha value is -3.85. The summed E-state index contributed by atoms with van der Waals surface area (Å²) in [6.45, 7) is 4.98. The molecule has 0 saturated carbocycles. The first kappa shape index (κ1) is 24.8. The number of benzene rings is 1. The fourth-order valence-corrected chi connectivity index (χ4v) is 4.88. The van der Waals surface area contributed by atoms with E-state index in [-0.39, 0.29) is 18.0 Å². The van der Waals surface area contributed by atoms with Crippen LogP contribution in [0.2, 0.25) is 0 Å². The Kier molecular flexibility index (Phi) is 6.88. The van der Waals surface area contributed by atoms with Crippen LogP contribution < -0.4 is 9.64 Å². The number of pyridine rings is 1. The maximum absolute atomic E-state index is 12.9. The molecule has 0 N–H and O–H groups in total. The van der Waals surface area contributed by atoms with Crippen molar-refractivity contribution in [1.82, 2.24) is 29.4 Å². The zero-order valence-electron chi connectivity index (χ0n) is 22.0. The van der Waals surface area contributed by atoms with Gasteiger partial charge in [-0.25, -0.2) is 19.9 Å². The van der Waals surface area contributed by atoms with Crippen molar-refractivity contribution in [1.29, 1.82) is 0 Å². The van der Waals surface area contributed by atoms with Gasteiger partial charge in [0.1, 0.15) is 5.82 Å². The molecule has 1 fully saturated rings. The van der Waals surface area contributed by atoms with Gasteiger partial charge in [0.25, 0.3) is 0 Å². The molecule has 1 aromatic carbocycles. The zero-order chi connectivity index (χ0) is 26.1. The Bertz CT molecular complexity index is 1410. The van der Waals surface area contributed by atoms with Gasteiger partial charge in [-0.2, -0.15) is 0 Å². The van der Waals surface area contributed by atoms with Crippen LogP contribution in [0.3, 0.4) is 0 Å². The van der Waals surface area contributed by atoms with Crippen molar-refractivity contribution in [2.45, 2.75) is 45.2 Å². The molecule has 192 valence electrons. The third-order valence-electron chi connectivity index (χ3n) is 6.89. The van der Waals surface area contributed by atoms with Gasteiger partial charge in [0.05, 0.1) is 36.4 Å². The molecule has 4 aromatic rings. The molecule has 1 atom stereocenters. The highest BCUT2D eigenvalue weighted by molar-refractivity contribution is 5.97. The minimum absolute atomic E-state index is 0.0600. The van der Waals surface area contributed by atoms with Gasteiger partial charge in [-0.05, 0) is 70.6 Å². The van der Waals surface area contributed by atoms with Crippen LogP contribution in [0.1, 0.15) is 44.1 Å². The number of methoxy groups -OCH3 is 1. The molecule has 1 amide bonds. The van der Waals surface area contributed by atoms with Crippen LogP contribution in [0.25, 0.3) is 22.4 Å². The number of hydrogen-bond acceptors (Lipinski definition) is 7. The van der Waals surface area contributed by atoms with Gasteiger partial charge in [0.2, 0.25) is 11.8 Å². The first-order valence-electron chi connectivity index (χ1n) is 12.7. The lowest BCUT2D eigenvalue weighted by atomic mass is 10.0. The summed E-state index contributed by atoms with van der Waals surface area (Å²) in [6.07, 6.45) is 6.06. The Labute approximate surface area is 217 Å². The predicted molar refractivity (Wildman–Crippen MR) is 144 cm³/mol. The normalized spacial score (nSPS) is 16.2. The highest BCUT2D eigenvalue weighted by atomic mass is 16.5. The topological polar surface area (TPSA) is 89.3 Å². The van der Waals surface area contributed by atoms with Crippen molar-refractivity contribution < 1.29 is 9.53 Å². The zero-order valence-corrected chi connectivity index (χ0v) is 22.0. The van der Waals surface area contributed by atoms with Crippen molar-refractivity contribution in [3.8, 4) is 17.3 Å². The number of imidazole rings is 1. The number of aromatic nitrogens is 5. The van der Waals surface area contributed by atoms with Crippen molar-refractivity contribution in [3.05, 3.63) is 60.3 Å². The van der Waals surface area contributed by atoms with E-state index in [0.29, 0.717) is 23.8 Å². The molecule has 0 spiro atoms. The summed E-state index contributed by atoms with van der Waals surface area (Å²) in [4.78, 5) is 35.3. The molecule has 0 bridgehead atoms. The van der Waals surface area contributed by atoms with E-state index in [0.717, 1.165) is 47.4 Å². The second-order valence-electron chi connectivity index (χ2n) is 9.94. The monoisotopic (exact) mass is 499 g/mol. The highest BCUT2D eigenvalue weighted by Gasteiger charge is 2.30. The number of nitrogens with zero attached hydrogens (tertiary/aromatic N) is 7. The van der Waals surface area contributed by atoms with Crippen LogP contribution in [-0.2, 0) is 11.2 Å². The van der Waals surface area contributed by atoms with Crippen molar-refractivity contribution in [3.63, 3.8) is 0 Å². The lowest BCUT2D eigenvalue weighted by Gasteiger charge is -2.35. The van der Waals surface area contributed by atoms with Crippen LogP contribution in [0, 0.1) is 0 Å². The molecule has 0 radical (unpaired) electrons. The van der Waals surface area contributed by atoms with Gasteiger partial charge in [-0.1, -0.05) is 12.1 Å². The number of carbonyl (C=O) groups excluding carboxylic acids is 1. The Morgan fingerprint density at radius 2 is 1.86 bits per heavy atom. The van der Waals surface area contributed by atoms with E-state index >= 15 is 0 Å². The van der Waals surface area contributed by atoms with Crippen LogP contribution in [-0.4, -0.2) is 69.1 Å². The van der Waals surface area contributed by atoms with Crippen LogP contribution in [0.15, 0.2) is 48.9 Å². The third kappa shape index (κ3) is 4.91. The van der Waals surface area contributed by atoms with E-state index in [4.69, 9.17) is 9.72 Å². The molecule has 9 heteroatoms. The van der Waals surface area contributed by atoms with Gasteiger partial charge in [0.15, 0.2) is 5.52 Å². The SMILES string of the molecule is COc1nc(-c2ccnc(Cc3ccc(N4CCCC(N(C)C)C4=O)cc3)n2)cc2c1ncn2C(C)C. The van der Waals surface area contributed by atoms with Gasteiger partial charge in [-0.3, -0.25) is 9.69 Å². The average Bonchev–Trinajstić information content (AvgIpc) is 3.33. The second kappa shape index (κ2) is 10.3. The van der Waals surface area contributed by atoms with Crippen molar-refractivity contribution >= 4 is 22.6 Å².